The van der Waals surface area contributed by atoms with Crippen molar-refractivity contribution in [3.8, 4) is 11.1 Å². The number of halogens is 1. The standard InChI is InChI=1S/C39H34ClN3O5S2/c1-4-33(37(46)43-38-34(39(47)48-3)31(23-49-38)26-17-13-24(2)14-18-26)50-30-12-8-11-29(22-30)41-36(45)32(21-25-15-19-28(40)20-16-25)42-35(44)27-9-6-5-7-10-27/h5-23,33H,4H2,1-3H3,(H,41,45)(H,42,44)(H,43,46)/b32-21-. The lowest BCUT2D eigenvalue weighted by Gasteiger charge is -2.16. The smallest absolute Gasteiger partial charge is 0.341 e. The zero-order valence-corrected chi connectivity index (χ0v) is 29.9. The third kappa shape index (κ3) is 9.29. The average molecular weight is 724 g/mol. The normalized spacial score (nSPS) is 11.7. The van der Waals surface area contributed by atoms with Crippen LogP contribution in [0.5, 0.6) is 0 Å². The van der Waals surface area contributed by atoms with E-state index in [0.29, 0.717) is 44.4 Å². The number of nitrogens with one attached hydrogen (secondary N) is 3. The van der Waals surface area contributed by atoms with E-state index in [-0.39, 0.29) is 11.6 Å². The van der Waals surface area contributed by atoms with Crippen LogP contribution in [0.2, 0.25) is 5.02 Å². The Morgan fingerprint density at radius 2 is 1.62 bits per heavy atom. The van der Waals surface area contributed by atoms with Crippen LogP contribution in [-0.2, 0) is 14.3 Å². The molecule has 0 bridgehead atoms. The third-order valence-corrected chi connectivity index (χ3v) is 10.0. The zero-order valence-electron chi connectivity index (χ0n) is 27.5. The van der Waals surface area contributed by atoms with Crippen molar-refractivity contribution in [2.75, 3.05) is 17.7 Å². The molecule has 5 aromatic rings. The second kappa shape index (κ2) is 17.0. The molecule has 1 heterocycles. The van der Waals surface area contributed by atoms with Gasteiger partial charge in [-0.25, -0.2) is 4.79 Å². The molecule has 1 atom stereocenters. The molecule has 0 aliphatic carbocycles. The minimum absolute atomic E-state index is 0.0346. The molecule has 3 amide bonds. The van der Waals surface area contributed by atoms with Crippen molar-refractivity contribution in [3.05, 3.63) is 141 Å². The van der Waals surface area contributed by atoms with E-state index in [9.17, 15) is 19.2 Å². The Balaban J connectivity index is 1.32. The predicted octanol–water partition coefficient (Wildman–Crippen LogP) is 9.08. The Morgan fingerprint density at radius 1 is 0.900 bits per heavy atom. The summed E-state index contributed by atoms with van der Waals surface area (Å²) in [7, 11) is 1.31. The predicted molar refractivity (Wildman–Crippen MR) is 203 cm³/mol. The molecule has 0 radical (unpaired) electrons. The summed E-state index contributed by atoms with van der Waals surface area (Å²) in [5, 5.41) is 10.8. The van der Waals surface area contributed by atoms with Crippen LogP contribution in [0.4, 0.5) is 10.7 Å². The number of carbonyl (C=O) groups excluding carboxylic acids is 4. The van der Waals surface area contributed by atoms with Gasteiger partial charge in [0.25, 0.3) is 11.8 Å². The van der Waals surface area contributed by atoms with E-state index in [1.807, 2.05) is 49.6 Å². The van der Waals surface area contributed by atoms with Gasteiger partial charge < -0.3 is 20.7 Å². The maximum atomic E-state index is 13.6. The summed E-state index contributed by atoms with van der Waals surface area (Å²) in [5.41, 5.74) is 4.50. The molecular formula is C39H34ClN3O5S2. The molecule has 0 fully saturated rings. The van der Waals surface area contributed by atoms with Gasteiger partial charge in [0.15, 0.2) is 0 Å². The molecule has 1 aromatic heterocycles. The number of hydrogen-bond acceptors (Lipinski definition) is 7. The number of methoxy groups -OCH3 is 1. The molecule has 0 aliphatic heterocycles. The summed E-state index contributed by atoms with van der Waals surface area (Å²) in [4.78, 5) is 53.7. The molecule has 11 heteroatoms. The number of thiophene rings is 1. The number of ether oxygens (including phenoxy) is 1. The first-order valence-corrected chi connectivity index (χ1v) is 17.8. The van der Waals surface area contributed by atoms with Gasteiger partial charge in [0.05, 0.1) is 12.4 Å². The summed E-state index contributed by atoms with van der Waals surface area (Å²) in [5.74, 6) is -1.78. The molecule has 0 saturated heterocycles. The highest BCUT2D eigenvalue weighted by molar-refractivity contribution is 8.00. The van der Waals surface area contributed by atoms with Crippen LogP contribution >= 0.6 is 34.7 Å². The summed E-state index contributed by atoms with van der Waals surface area (Å²) in [6, 6.07) is 30.4. The van der Waals surface area contributed by atoms with E-state index < -0.39 is 23.0 Å². The van der Waals surface area contributed by atoms with Gasteiger partial charge in [-0.2, -0.15) is 0 Å². The number of aryl methyl sites for hydroxylation is 1. The number of benzene rings is 4. The van der Waals surface area contributed by atoms with Crippen LogP contribution < -0.4 is 16.0 Å². The lowest BCUT2D eigenvalue weighted by atomic mass is 10.0. The van der Waals surface area contributed by atoms with E-state index in [1.165, 1.54) is 30.2 Å². The first kappa shape index (κ1) is 36.1. The summed E-state index contributed by atoms with van der Waals surface area (Å²) >= 11 is 8.64. The van der Waals surface area contributed by atoms with Gasteiger partial charge in [-0.05, 0) is 73.0 Å². The maximum Gasteiger partial charge on any atom is 0.341 e. The minimum atomic E-state index is -0.536. The van der Waals surface area contributed by atoms with Crippen molar-refractivity contribution < 1.29 is 23.9 Å². The van der Waals surface area contributed by atoms with Crippen molar-refractivity contribution in [3.63, 3.8) is 0 Å². The highest BCUT2D eigenvalue weighted by Crippen LogP contribution is 2.37. The zero-order chi connectivity index (χ0) is 35.6. The molecule has 5 rings (SSSR count). The topological polar surface area (TPSA) is 114 Å². The molecule has 1 unspecified atom stereocenters. The second-order valence-corrected chi connectivity index (χ2v) is 13.7. The van der Waals surface area contributed by atoms with Crippen molar-refractivity contribution in [2.45, 2.75) is 30.4 Å². The molecule has 254 valence electrons. The van der Waals surface area contributed by atoms with Crippen LogP contribution in [0, 0.1) is 6.92 Å². The molecule has 0 spiro atoms. The molecular weight excluding hydrogens is 690 g/mol. The Labute approximate surface area is 303 Å². The number of hydrogen-bond donors (Lipinski definition) is 3. The number of anilines is 2. The van der Waals surface area contributed by atoms with E-state index in [2.05, 4.69) is 16.0 Å². The molecule has 4 aromatic carbocycles. The van der Waals surface area contributed by atoms with Gasteiger partial charge in [0.2, 0.25) is 5.91 Å². The van der Waals surface area contributed by atoms with Gasteiger partial charge in [0, 0.05) is 32.1 Å². The average Bonchev–Trinajstić information content (AvgIpc) is 3.54. The molecule has 8 nitrogen and oxygen atoms in total. The summed E-state index contributed by atoms with van der Waals surface area (Å²) in [6.07, 6.45) is 2.07. The fourth-order valence-electron chi connectivity index (χ4n) is 4.89. The monoisotopic (exact) mass is 723 g/mol. The molecule has 50 heavy (non-hydrogen) atoms. The maximum absolute atomic E-state index is 13.6. The molecule has 0 aliphatic rings. The highest BCUT2D eigenvalue weighted by Gasteiger charge is 2.25. The van der Waals surface area contributed by atoms with Crippen molar-refractivity contribution >= 4 is 75.2 Å². The fourth-order valence-corrected chi connectivity index (χ4v) is 6.99. The van der Waals surface area contributed by atoms with Gasteiger partial charge in [-0.1, -0.05) is 84.8 Å². The Hall–Kier alpha value is -5.16. The van der Waals surface area contributed by atoms with Crippen LogP contribution in [-0.4, -0.2) is 36.1 Å². The first-order valence-electron chi connectivity index (χ1n) is 15.6. The highest BCUT2D eigenvalue weighted by atomic mass is 35.5. The number of amides is 3. The van der Waals surface area contributed by atoms with Crippen LogP contribution in [0.25, 0.3) is 17.2 Å². The summed E-state index contributed by atoms with van der Waals surface area (Å²) in [6.45, 7) is 3.89. The summed E-state index contributed by atoms with van der Waals surface area (Å²) < 4.78 is 5.07. The van der Waals surface area contributed by atoms with Gasteiger partial charge >= 0.3 is 5.97 Å². The van der Waals surface area contributed by atoms with Gasteiger partial charge in [-0.3, -0.25) is 14.4 Å². The molecule has 3 N–H and O–H groups in total. The number of carbonyl (C=O) groups is 4. The van der Waals surface area contributed by atoms with Crippen LogP contribution in [0.15, 0.2) is 119 Å². The van der Waals surface area contributed by atoms with Crippen LogP contribution in [0.1, 0.15) is 45.2 Å². The number of esters is 1. The number of rotatable bonds is 12. The van der Waals surface area contributed by atoms with Gasteiger partial charge in [-0.15, -0.1) is 23.1 Å². The quantitative estimate of drug-likeness (QED) is 0.0673. The first-order chi connectivity index (χ1) is 24.1. The van der Waals surface area contributed by atoms with Crippen molar-refractivity contribution in [1.82, 2.24) is 5.32 Å². The third-order valence-electron chi connectivity index (χ3n) is 7.52. The van der Waals surface area contributed by atoms with E-state index in [4.69, 9.17) is 16.3 Å². The number of thioether (sulfide) groups is 1. The van der Waals surface area contributed by atoms with E-state index in [1.54, 1.807) is 78.9 Å². The largest absolute Gasteiger partial charge is 0.465 e. The second-order valence-electron chi connectivity index (χ2n) is 11.1. The Morgan fingerprint density at radius 3 is 2.30 bits per heavy atom. The molecule has 0 saturated carbocycles. The van der Waals surface area contributed by atoms with E-state index in [0.717, 1.165) is 16.0 Å². The van der Waals surface area contributed by atoms with Crippen molar-refractivity contribution in [2.24, 2.45) is 0 Å². The van der Waals surface area contributed by atoms with Crippen LogP contribution in [0.3, 0.4) is 0 Å². The van der Waals surface area contributed by atoms with E-state index >= 15 is 0 Å². The minimum Gasteiger partial charge on any atom is -0.465 e. The lowest BCUT2D eigenvalue weighted by molar-refractivity contribution is -0.116. The Kier molecular flexibility index (Phi) is 12.3. The van der Waals surface area contributed by atoms with Crippen molar-refractivity contribution in [1.29, 1.82) is 0 Å². The van der Waals surface area contributed by atoms with Gasteiger partial charge in [0.1, 0.15) is 16.3 Å². The SMILES string of the molecule is CCC(Sc1cccc(NC(=O)/C(=C/c2ccc(Cl)cc2)NC(=O)c2ccccc2)c1)C(=O)Nc1scc(-c2ccc(C)cc2)c1C(=O)OC. The lowest BCUT2D eigenvalue weighted by Crippen LogP contribution is -2.30. The Bertz CT molecular complexity index is 2030. The fraction of sp³-hybridized carbons (Fsp3) is 0.128.